The van der Waals surface area contributed by atoms with E-state index in [0.29, 0.717) is 0 Å². The van der Waals surface area contributed by atoms with Gasteiger partial charge in [0.1, 0.15) is 16.7 Å². The Kier molecular flexibility index (Phi) is 4.93. The van der Waals surface area contributed by atoms with Gasteiger partial charge >= 0.3 is 0 Å². The van der Waals surface area contributed by atoms with Crippen LogP contribution >= 0.6 is 0 Å². The van der Waals surface area contributed by atoms with Gasteiger partial charge in [0.25, 0.3) is 0 Å². The third kappa shape index (κ3) is 3.33. The summed E-state index contributed by atoms with van der Waals surface area (Å²) in [7, 11) is 0. The first kappa shape index (κ1) is 23.1. The van der Waals surface area contributed by atoms with E-state index in [1.807, 2.05) is 18.2 Å². The molecular weight excluding hydrogens is 512 g/mol. The number of hydrogen-bond acceptors (Lipinski definition) is 2. The van der Waals surface area contributed by atoms with Crippen LogP contribution < -0.4 is 0 Å². The maximum Gasteiger partial charge on any atom is 0.147 e. The lowest BCUT2D eigenvalue weighted by Gasteiger charge is -2.18. The first-order chi connectivity index (χ1) is 20.8. The lowest BCUT2D eigenvalue weighted by molar-refractivity contribution is 0.618. The second kappa shape index (κ2) is 8.95. The molecule has 0 fully saturated rings. The molecule has 0 aliphatic rings. The number of furan rings is 2. The molecule has 0 radical (unpaired) electrons. The molecule has 0 spiro atoms. The Morgan fingerprint density at radius 1 is 0.405 bits per heavy atom. The summed E-state index contributed by atoms with van der Waals surface area (Å²) < 4.78 is 12.7. The standard InChI is InChI=1S/C40H24O2/c1-2-11-25(12-3-1)26-13-10-14-27(23-26)36-29-15-4-6-17-31(29)37(32-18-7-5-16-30(32)36)34-24-28-21-22-41-39(28)38-33-19-8-9-20-35(33)42-40(34)38/h1-24H. The highest BCUT2D eigenvalue weighted by Crippen LogP contribution is 2.48. The van der Waals surface area contributed by atoms with Crippen LogP contribution in [0.3, 0.4) is 0 Å². The molecule has 0 saturated carbocycles. The van der Waals surface area contributed by atoms with E-state index in [4.69, 9.17) is 8.83 Å². The van der Waals surface area contributed by atoms with Crippen LogP contribution in [-0.4, -0.2) is 0 Å². The number of para-hydroxylation sites is 1. The van der Waals surface area contributed by atoms with E-state index in [1.165, 1.54) is 49.4 Å². The molecule has 0 N–H and O–H groups in total. The van der Waals surface area contributed by atoms with E-state index in [9.17, 15) is 0 Å². The largest absolute Gasteiger partial charge is 0.464 e. The minimum absolute atomic E-state index is 0.854. The molecule has 0 atom stereocenters. The van der Waals surface area contributed by atoms with Crippen molar-refractivity contribution in [3.63, 3.8) is 0 Å². The highest BCUT2D eigenvalue weighted by Gasteiger charge is 2.23. The highest BCUT2D eigenvalue weighted by molar-refractivity contribution is 6.27. The molecule has 0 aliphatic heterocycles. The first-order valence-corrected chi connectivity index (χ1v) is 14.3. The Hall–Kier alpha value is -5.60. The minimum atomic E-state index is 0.854. The van der Waals surface area contributed by atoms with Gasteiger partial charge < -0.3 is 8.83 Å². The Morgan fingerprint density at radius 3 is 1.74 bits per heavy atom. The predicted molar refractivity (Wildman–Crippen MR) is 175 cm³/mol. The Bertz CT molecular complexity index is 2400. The van der Waals surface area contributed by atoms with Crippen molar-refractivity contribution < 1.29 is 8.83 Å². The van der Waals surface area contributed by atoms with E-state index < -0.39 is 0 Å². The monoisotopic (exact) mass is 536 g/mol. The number of benzene rings is 7. The summed E-state index contributed by atoms with van der Waals surface area (Å²) in [6.07, 6.45) is 1.77. The average molecular weight is 537 g/mol. The first-order valence-electron chi connectivity index (χ1n) is 14.3. The molecule has 196 valence electrons. The normalized spacial score (nSPS) is 11.8. The maximum absolute atomic E-state index is 6.63. The van der Waals surface area contributed by atoms with Crippen molar-refractivity contribution in [3.8, 4) is 33.4 Å². The third-order valence-corrected chi connectivity index (χ3v) is 8.52. The van der Waals surface area contributed by atoms with Gasteiger partial charge in [-0.1, -0.05) is 115 Å². The summed E-state index contributed by atoms with van der Waals surface area (Å²) in [4.78, 5) is 0. The minimum Gasteiger partial charge on any atom is -0.464 e. The maximum atomic E-state index is 6.63. The molecule has 0 unspecified atom stereocenters. The van der Waals surface area contributed by atoms with Crippen LogP contribution in [0.25, 0.3) is 87.8 Å². The van der Waals surface area contributed by atoms with Crippen molar-refractivity contribution in [1.29, 1.82) is 0 Å². The van der Waals surface area contributed by atoms with Crippen LogP contribution in [0, 0.1) is 0 Å². The lowest BCUT2D eigenvalue weighted by atomic mass is 9.85. The van der Waals surface area contributed by atoms with Crippen LogP contribution in [0.1, 0.15) is 0 Å². The third-order valence-electron chi connectivity index (χ3n) is 8.52. The summed E-state index contributed by atoms with van der Waals surface area (Å²) >= 11 is 0. The van der Waals surface area contributed by atoms with E-state index in [-0.39, 0.29) is 0 Å². The fraction of sp³-hybridized carbons (Fsp3) is 0. The molecular formula is C40H24O2. The van der Waals surface area contributed by atoms with Gasteiger partial charge in [0.15, 0.2) is 0 Å². The van der Waals surface area contributed by atoms with Crippen molar-refractivity contribution in [3.05, 3.63) is 146 Å². The quantitative estimate of drug-likeness (QED) is 0.210. The zero-order valence-corrected chi connectivity index (χ0v) is 22.7. The Balaban J connectivity index is 1.42. The summed E-state index contributed by atoms with van der Waals surface area (Å²) in [5.74, 6) is 0. The molecule has 0 bridgehead atoms. The molecule has 2 aromatic heterocycles. The van der Waals surface area contributed by atoms with Crippen molar-refractivity contribution in [2.75, 3.05) is 0 Å². The Labute approximate surface area is 242 Å². The van der Waals surface area contributed by atoms with Crippen LogP contribution in [0.2, 0.25) is 0 Å². The van der Waals surface area contributed by atoms with Gasteiger partial charge in [-0.3, -0.25) is 0 Å². The molecule has 0 saturated heterocycles. The van der Waals surface area contributed by atoms with Gasteiger partial charge in [0, 0.05) is 21.9 Å². The molecule has 9 aromatic rings. The fourth-order valence-corrected chi connectivity index (χ4v) is 6.72. The van der Waals surface area contributed by atoms with Crippen LogP contribution in [0.5, 0.6) is 0 Å². The van der Waals surface area contributed by atoms with Gasteiger partial charge in [0.05, 0.1) is 11.6 Å². The number of fused-ring (bicyclic) bond motifs is 7. The van der Waals surface area contributed by atoms with Gasteiger partial charge in [-0.15, -0.1) is 0 Å². The van der Waals surface area contributed by atoms with Crippen molar-refractivity contribution >= 4 is 54.5 Å². The van der Waals surface area contributed by atoms with E-state index in [0.717, 1.165) is 38.5 Å². The smallest absolute Gasteiger partial charge is 0.147 e. The zero-order valence-electron chi connectivity index (χ0n) is 22.7. The SMILES string of the molecule is c1ccc(-c2cccc(-c3c4ccccc4c(-c4cc5ccoc5c5c4oc4ccccc45)c4ccccc34)c2)cc1. The molecule has 9 rings (SSSR count). The number of hydrogen-bond donors (Lipinski definition) is 0. The summed E-state index contributed by atoms with van der Waals surface area (Å²) in [6, 6.07) is 49.6. The van der Waals surface area contributed by atoms with Crippen LogP contribution in [0.15, 0.2) is 155 Å². The summed E-state index contributed by atoms with van der Waals surface area (Å²) in [5, 5.41) is 7.98. The van der Waals surface area contributed by atoms with Crippen molar-refractivity contribution in [2.45, 2.75) is 0 Å². The van der Waals surface area contributed by atoms with E-state index in [2.05, 4.69) is 121 Å². The molecule has 2 heterocycles. The zero-order chi connectivity index (χ0) is 27.6. The lowest BCUT2D eigenvalue weighted by Crippen LogP contribution is -1.91. The molecule has 7 aromatic carbocycles. The van der Waals surface area contributed by atoms with Crippen LogP contribution in [-0.2, 0) is 0 Å². The number of rotatable bonds is 3. The van der Waals surface area contributed by atoms with Gasteiger partial charge in [0.2, 0.25) is 0 Å². The van der Waals surface area contributed by atoms with E-state index in [1.54, 1.807) is 6.26 Å². The average Bonchev–Trinajstić information content (AvgIpc) is 3.68. The van der Waals surface area contributed by atoms with E-state index >= 15 is 0 Å². The highest BCUT2D eigenvalue weighted by atomic mass is 16.3. The molecule has 2 heteroatoms. The fourth-order valence-electron chi connectivity index (χ4n) is 6.72. The summed E-state index contributed by atoms with van der Waals surface area (Å²) in [6.45, 7) is 0. The van der Waals surface area contributed by atoms with Crippen molar-refractivity contribution in [1.82, 2.24) is 0 Å². The summed E-state index contributed by atoms with van der Waals surface area (Å²) in [5.41, 5.74) is 9.70. The topological polar surface area (TPSA) is 26.3 Å². The molecule has 0 aliphatic carbocycles. The van der Waals surface area contributed by atoms with Crippen LogP contribution in [0.4, 0.5) is 0 Å². The van der Waals surface area contributed by atoms with Gasteiger partial charge in [-0.25, -0.2) is 0 Å². The van der Waals surface area contributed by atoms with Gasteiger partial charge in [-0.05, 0) is 68.1 Å². The molecule has 0 amide bonds. The molecule has 2 nitrogen and oxygen atoms in total. The molecule has 42 heavy (non-hydrogen) atoms. The van der Waals surface area contributed by atoms with Crippen molar-refractivity contribution in [2.24, 2.45) is 0 Å². The van der Waals surface area contributed by atoms with Gasteiger partial charge in [-0.2, -0.15) is 0 Å². The predicted octanol–water partition coefficient (Wildman–Crippen LogP) is 11.6. The second-order valence-corrected chi connectivity index (χ2v) is 10.9. The second-order valence-electron chi connectivity index (χ2n) is 10.9. The Morgan fingerprint density at radius 2 is 1.00 bits per heavy atom.